The van der Waals surface area contributed by atoms with Crippen LogP contribution in [0, 0.1) is 18.6 Å². The largest absolute Gasteiger partial charge is 0.419 e. The van der Waals surface area contributed by atoms with Gasteiger partial charge in [0.15, 0.2) is 17.2 Å². The van der Waals surface area contributed by atoms with Crippen LogP contribution < -0.4 is 10.6 Å². The molecule has 9 nitrogen and oxygen atoms in total. The van der Waals surface area contributed by atoms with Crippen molar-refractivity contribution >= 4 is 39.9 Å². The zero-order valence-corrected chi connectivity index (χ0v) is 19.2. The van der Waals surface area contributed by atoms with E-state index in [0.717, 1.165) is 41.0 Å². The number of rotatable bonds is 5. The molecule has 1 aromatic carbocycles. The van der Waals surface area contributed by atoms with Crippen molar-refractivity contribution in [3.05, 3.63) is 59.2 Å². The second kappa shape index (κ2) is 9.39. The second-order valence-electron chi connectivity index (χ2n) is 7.97. The summed E-state index contributed by atoms with van der Waals surface area (Å²) in [6, 6.07) is 2.88. The first-order valence-corrected chi connectivity index (χ1v) is 11.1. The Morgan fingerprint density at radius 1 is 1.17 bits per heavy atom. The highest BCUT2D eigenvalue weighted by molar-refractivity contribution is 7.10. The molecule has 0 radical (unpaired) electrons. The average molecular weight is 528 g/mol. The first-order valence-electron chi connectivity index (χ1n) is 10.3. The number of benzene rings is 1. The lowest BCUT2D eigenvalue weighted by Crippen LogP contribution is -2.48. The Morgan fingerprint density at radius 2 is 1.92 bits per heavy atom. The average Bonchev–Trinajstić information content (AvgIpc) is 3.39. The third-order valence-corrected chi connectivity index (χ3v) is 6.30. The van der Waals surface area contributed by atoms with Gasteiger partial charge >= 0.3 is 6.18 Å². The summed E-state index contributed by atoms with van der Waals surface area (Å²) in [6.45, 7) is 0.355. The molecule has 1 unspecified atom stereocenters. The van der Waals surface area contributed by atoms with Gasteiger partial charge in [-0.05, 0) is 30.6 Å². The van der Waals surface area contributed by atoms with Crippen LogP contribution >= 0.6 is 11.5 Å². The predicted octanol–water partition coefficient (Wildman–Crippen LogP) is 3.65. The van der Waals surface area contributed by atoms with Gasteiger partial charge < -0.3 is 20.6 Å². The van der Waals surface area contributed by atoms with Gasteiger partial charge in [0.25, 0.3) is 11.8 Å². The van der Waals surface area contributed by atoms with Crippen LogP contribution in [-0.4, -0.2) is 61.0 Å². The van der Waals surface area contributed by atoms with Crippen molar-refractivity contribution < 1.29 is 36.6 Å². The number of hydrogen-bond acceptors (Lipinski definition) is 8. The summed E-state index contributed by atoms with van der Waals surface area (Å²) in [7, 11) is 0. The van der Waals surface area contributed by atoms with Crippen LogP contribution in [0.5, 0.6) is 0 Å². The van der Waals surface area contributed by atoms with E-state index in [1.165, 1.54) is 6.07 Å². The molecule has 36 heavy (non-hydrogen) atoms. The number of likely N-dealkylation sites (tertiary alicyclic amines) is 1. The van der Waals surface area contributed by atoms with Gasteiger partial charge in [-0.25, -0.2) is 18.7 Å². The SMILES string of the molecule is Cc1nsc(Nc2cnc(C(=O)N3CCC(O)(C(F)(F)F)C3)cn2)c1C(=O)Nc1ccc(F)c(F)c1. The lowest BCUT2D eigenvalue weighted by atomic mass is 10.0. The van der Waals surface area contributed by atoms with Crippen molar-refractivity contribution in [3.8, 4) is 0 Å². The van der Waals surface area contributed by atoms with Gasteiger partial charge in [0.05, 0.1) is 30.2 Å². The maximum absolute atomic E-state index is 13.4. The Labute approximate surface area is 204 Å². The number of halogens is 5. The molecule has 15 heteroatoms. The molecule has 1 aliphatic rings. The van der Waals surface area contributed by atoms with Crippen molar-refractivity contribution in [1.82, 2.24) is 19.2 Å². The summed E-state index contributed by atoms with van der Waals surface area (Å²) in [5.74, 6) is -3.57. The van der Waals surface area contributed by atoms with E-state index < -0.39 is 48.2 Å². The van der Waals surface area contributed by atoms with E-state index in [-0.39, 0.29) is 34.3 Å². The molecule has 190 valence electrons. The van der Waals surface area contributed by atoms with E-state index >= 15 is 0 Å². The van der Waals surface area contributed by atoms with E-state index in [9.17, 15) is 36.6 Å². The van der Waals surface area contributed by atoms with Gasteiger partial charge in [0.2, 0.25) is 0 Å². The van der Waals surface area contributed by atoms with Crippen molar-refractivity contribution in [3.63, 3.8) is 0 Å². The fraction of sp³-hybridized carbons (Fsp3) is 0.286. The zero-order valence-electron chi connectivity index (χ0n) is 18.4. The molecule has 1 fully saturated rings. The van der Waals surface area contributed by atoms with Gasteiger partial charge in [-0.1, -0.05) is 0 Å². The number of hydrogen-bond donors (Lipinski definition) is 3. The molecule has 2 aromatic heterocycles. The fourth-order valence-corrected chi connectivity index (χ4v) is 4.27. The van der Waals surface area contributed by atoms with E-state index in [1.807, 2.05) is 0 Å². The Bertz CT molecular complexity index is 1320. The van der Waals surface area contributed by atoms with E-state index in [2.05, 4.69) is 25.0 Å². The molecule has 1 saturated heterocycles. The molecule has 0 bridgehead atoms. The topological polar surface area (TPSA) is 120 Å². The summed E-state index contributed by atoms with van der Waals surface area (Å²) in [6.07, 6.45) is -3.32. The lowest BCUT2D eigenvalue weighted by Gasteiger charge is -2.25. The monoisotopic (exact) mass is 528 g/mol. The van der Waals surface area contributed by atoms with Crippen LogP contribution in [0.15, 0.2) is 30.6 Å². The lowest BCUT2D eigenvalue weighted by molar-refractivity contribution is -0.253. The maximum atomic E-state index is 13.4. The Morgan fingerprint density at radius 3 is 2.53 bits per heavy atom. The molecule has 3 heterocycles. The second-order valence-corrected chi connectivity index (χ2v) is 8.75. The molecular weight excluding hydrogens is 511 g/mol. The number of β-amino-alcohol motifs (C(OH)–C–C–N with tert-alkyl or cyclic N) is 1. The summed E-state index contributed by atoms with van der Waals surface area (Å²) in [5, 5.41) is 15.3. The van der Waals surface area contributed by atoms with Gasteiger partial charge in [0.1, 0.15) is 16.5 Å². The number of carbonyl (C=O) groups is 2. The highest BCUT2D eigenvalue weighted by Crippen LogP contribution is 2.38. The molecule has 1 atom stereocenters. The highest BCUT2D eigenvalue weighted by Gasteiger charge is 2.57. The van der Waals surface area contributed by atoms with Crippen molar-refractivity contribution in [1.29, 1.82) is 0 Å². The number of aromatic nitrogens is 3. The summed E-state index contributed by atoms with van der Waals surface area (Å²) in [5.41, 5.74) is -2.73. The Balaban J connectivity index is 1.45. The number of anilines is 3. The number of nitrogens with one attached hydrogen (secondary N) is 2. The highest BCUT2D eigenvalue weighted by atomic mass is 32.1. The Kier molecular flexibility index (Phi) is 6.62. The number of aryl methyl sites for hydroxylation is 1. The minimum Gasteiger partial charge on any atom is -0.379 e. The van der Waals surface area contributed by atoms with Crippen LogP contribution in [-0.2, 0) is 0 Å². The van der Waals surface area contributed by atoms with Crippen molar-refractivity contribution in [2.75, 3.05) is 23.7 Å². The molecule has 0 saturated carbocycles. The predicted molar refractivity (Wildman–Crippen MR) is 118 cm³/mol. The third-order valence-electron chi connectivity index (χ3n) is 5.44. The van der Waals surface area contributed by atoms with Crippen LogP contribution in [0.2, 0.25) is 0 Å². The van der Waals surface area contributed by atoms with Gasteiger partial charge in [-0.3, -0.25) is 9.59 Å². The molecule has 0 spiro atoms. The van der Waals surface area contributed by atoms with E-state index in [4.69, 9.17) is 0 Å². The van der Waals surface area contributed by atoms with Gasteiger partial charge in [-0.2, -0.15) is 17.5 Å². The fourth-order valence-electron chi connectivity index (χ4n) is 3.47. The molecule has 3 aromatic rings. The first kappa shape index (κ1) is 25.4. The molecule has 2 amide bonds. The Hall–Kier alpha value is -3.72. The van der Waals surface area contributed by atoms with Gasteiger partial charge in [0, 0.05) is 24.7 Å². The molecule has 1 aliphatic heterocycles. The number of aliphatic hydroxyl groups is 1. The van der Waals surface area contributed by atoms with E-state index in [0.29, 0.717) is 5.69 Å². The quantitative estimate of drug-likeness (QED) is 0.433. The molecule has 3 N–H and O–H groups in total. The number of amides is 2. The molecule has 4 rings (SSSR count). The van der Waals surface area contributed by atoms with Gasteiger partial charge in [-0.15, -0.1) is 0 Å². The third kappa shape index (κ3) is 4.97. The number of carbonyl (C=O) groups excluding carboxylic acids is 2. The molecule has 0 aliphatic carbocycles. The van der Waals surface area contributed by atoms with Crippen LogP contribution in [0.3, 0.4) is 0 Å². The maximum Gasteiger partial charge on any atom is 0.419 e. The van der Waals surface area contributed by atoms with E-state index in [1.54, 1.807) is 6.92 Å². The van der Waals surface area contributed by atoms with Crippen molar-refractivity contribution in [2.45, 2.75) is 25.1 Å². The molecular formula is C21H17F5N6O3S. The summed E-state index contributed by atoms with van der Waals surface area (Å²) < 4.78 is 69.7. The zero-order chi connectivity index (χ0) is 26.3. The minimum absolute atomic E-state index is 0.0254. The number of nitrogens with zero attached hydrogens (tertiary/aromatic N) is 4. The standard InChI is InChI=1S/C21H17F5N6O3S/c1-10-16(17(33)29-11-2-3-12(22)13(23)6-11)18(36-31-10)30-15-8-27-14(7-28-15)19(34)32-5-4-20(35,9-32)21(24,25)26/h2-3,6-8,35H,4-5,9H2,1H3,(H,28,30)(H,29,33). The summed E-state index contributed by atoms with van der Waals surface area (Å²) >= 11 is 0.915. The minimum atomic E-state index is -4.87. The normalized spacial score (nSPS) is 17.8. The van der Waals surface area contributed by atoms with Crippen molar-refractivity contribution in [2.24, 2.45) is 0 Å². The van der Waals surface area contributed by atoms with Crippen LogP contribution in [0.25, 0.3) is 0 Å². The van der Waals surface area contributed by atoms with Crippen LogP contribution in [0.1, 0.15) is 33.0 Å². The first-order chi connectivity index (χ1) is 16.9. The van der Waals surface area contributed by atoms with Crippen LogP contribution in [0.4, 0.5) is 38.5 Å². The summed E-state index contributed by atoms with van der Waals surface area (Å²) in [4.78, 5) is 34.0. The number of alkyl halides is 3. The smallest absolute Gasteiger partial charge is 0.379 e.